The first-order valence-electron chi connectivity index (χ1n) is 11.5. The second kappa shape index (κ2) is 10.5. The van der Waals surface area contributed by atoms with Gasteiger partial charge in [-0.3, -0.25) is 14.5 Å². The Balaban J connectivity index is 1.63. The van der Waals surface area contributed by atoms with Crippen LogP contribution in [0.25, 0.3) is 10.9 Å². The summed E-state index contributed by atoms with van der Waals surface area (Å²) < 4.78 is 1.84. The number of carbonyl (C=O) groups is 1. The molecule has 1 amide bonds. The minimum absolute atomic E-state index is 0.0202. The van der Waals surface area contributed by atoms with Gasteiger partial charge in [0.25, 0.3) is 5.91 Å². The van der Waals surface area contributed by atoms with Crippen LogP contribution in [0.3, 0.4) is 0 Å². The Morgan fingerprint density at radius 1 is 1.06 bits per heavy atom. The number of aliphatic hydroxyl groups is 1. The number of nitrogens with two attached hydrogens (primary N) is 1. The molecule has 0 aliphatic carbocycles. The standard InChI is InChI=1S/C28H28ClN3O4/c1-31(16-25(34)19-6-10-21(33)11-7-19)15-18-5-12-23-22(13-18)27(35)26(28(30)36)24(32(23)2)14-17-3-8-20(29)9-4-17/h3-13,25,33-34H,14-16H2,1-2H3,(H2,30,36). The van der Waals surface area contributed by atoms with Gasteiger partial charge in [0.1, 0.15) is 11.3 Å². The third-order valence-corrected chi connectivity index (χ3v) is 6.59. The number of aromatic nitrogens is 1. The Kier molecular flexibility index (Phi) is 7.45. The topological polar surface area (TPSA) is 109 Å². The van der Waals surface area contributed by atoms with Crippen LogP contribution in [0.5, 0.6) is 5.75 Å². The van der Waals surface area contributed by atoms with E-state index < -0.39 is 17.4 Å². The first kappa shape index (κ1) is 25.4. The summed E-state index contributed by atoms with van der Waals surface area (Å²) in [7, 11) is 3.69. The molecule has 8 heteroatoms. The molecule has 3 aromatic carbocycles. The van der Waals surface area contributed by atoms with Gasteiger partial charge in [0.05, 0.1) is 11.6 Å². The van der Waals surface area contributed by atoms with E-state index in [1.807, 2.05) is 47.8 Å². The number of rotatable bonds is 8. The summed E-state index contributed by atoms with van der Waals surface area (Å²) in [5.41, 5.74) is 8.96. The normalized spacial score (nSPS) is 12.2. The van der Waals surface area contributed by atoms with Crippen molar-refractivity contribution < 1.29 is 15.0 Å². The molecule has 7 nitrogen and oxygen atoms in total. The molecular formula is C28H28ClN3O4. The van der Waals surface area contributed by atoms with E-state index in [1.165, 1.54) is 12.1 Å². The van der Waals surface area contributed by atoms with Gasteiger partial charge in [-0.25, -0.2) is 0 Å². The number of aliphatic hydroxyl groups excluding tert-OH is 1. The summed E-state index contributed by atoms with van der Waals surface area (Å²) in [5.74, 6) is -0.621. The lowest BCUT2D eigenvalue weighted by Gasteiger charge is -2.22. The number of nitrogens with zero attached hydrogens (tertiary/aromatic N) is 2. The first-order chi connectivity index (χ1) is 17.1. The third-order valence-electron chi connectivity index (χ3n) is 6.33. The van der Waals surface area contributed by atoms with Crippen molar-refractivity contribution in [1.82, 2.24) is 9.47 Å². The van der Waals surface area contributed by atoms with Crippen LogP contribution in [0.2, 0.25) is 5.02 Å². The van der Waals surface area contributed by atoms with Gasteiger partial charge in [-0.1, -0.05) is 41.9 Å². The molecule has 1 heterocycles. The summed E-state index contributed by atoms with van der Waals surface area (Å²) >= 11 is 5.99. The molecule has 0 fully saturated rings. The maximum atomic E-state index is 13.4. The zero-order chi connectivity index (χ0) is 26.0. The first-order valence-corrected chi connectivity index (χ1v) is 11.9. The predicted octanol–water partition coefficient (Wildman–Crippen LogP) is 3.75. The summed E-state index contributed by atoms with van der Waals surface area (Å²) in [5, 5.41) is 21.0. The van der Waals surface area contributed by atoms with Crippen molar-refractivity contribution in [2.45, 2.75) is 19.1 Å². The Bertz CT molecular complexity index is 1460. The van der Waals surface area contributed by atoms with Gasteiger partial charge < -0.3 is 20.5 Å². The average molecular weight is 506 g/mol. The SMILES string of the molecule is CN(Cc1ccc2c(c1)c(=O)c(C(N)=O)c(Cc1ccc(Cl)cc1)n2C)CC(O)c1ccc(O)cc1. The van der Waals surface area contributed by atoms with Crippen molar-refractivity contribution in [3.63, 3.8) is 0 Å². The number of primary amides is 1. The number of fused-ring (bicyclic) bond motifs is 1. The van der Waals surface area contributed by atoms with Gasteiger partial charge in [0.2, 0.25) is 5.43 Å². The fraction of sp³-hybridized carbons (Fsp3) is 0.214. The number of aromatic hydroxyl groups is 1. The third kappa shape index (κ3) is 5.44. The number of halogens is 1. The number of carbonyl (C=O) groups excluding carboxylic acids is 1. The molecule has 1 aromatic heterocycles. The Morgan fingerprint density at radius 2 is 1.69 bits per heavy atom. The van der Waals surface area contributed by atoms with Gasteiger partial charge in [-0.15, -0.1) is 0 Å². The van der Waals surface area contributed by atoms with E-state index >= 15 is 0 Å². The molecule has 4 aromatic rings. The fourth-order valence-electron chi connectivity index (χ4n) is 4.46. The highest BCUT2D eigenvalue weighted by Crippen LogP contribution is 2.22. The maximum absolute atomic E-state index is 13.4. The highest BCUT2D eigenvalue weighted by molar-refractivity contribution is 6.30. The second-order valence-electron chi connectivity index (χ2n) is 9.03. The van der Waals surface area contributed by atoms with Gasteiger partial charge >= 0.3 is 0 Å². The number of hydrogen-bond acceptors (Lipinski definition) is 5. The summed E-state index contributed by atoms with van der Waals surface area (Å²) in [4.78, 5) is 27.7. The van der Waals surface area contributed by atoms with Crippen LogP contribution in [0, 0.1) is 0 Å². The average Bonchev–Trinajstić information content (AvgIpc) is 2.83. The molecule has 4 N–H and O–H groups in total. The van der Waals surface area contributed by atoms with Crippen LogP contribution in [-0.4, -0.2) is 39.2 Å². The Hall–Kier alpha value is -3.65. The molecule has 0 spiro atoms. The van der Waals surface area contributed by atoms with Gasteiger partial charge in [0.15, 0.2) is 0 Å². The molecule has 4 rings (SSSR count). The van der Waals surface area contributed by atoms with Crippen LogP contribution in [0.1, 0.15) is 38.8 Å². The van der Waals surface area contributed by atoms with E-state index in [0.717, 1.165) is 11.1 Å². The molecule has 0 aliphatic rings. The highest BCUT2D eigenvalue weighted by atomic mass is 35.5. The van der Waals surface area contributed by atoms with Crippen LogP contribution in [0.4, 0.5) is 0 Å². The quantitative estimate of drug-likeness (QED) is 0.338. The molecule has 0 saturated heterocycles. The Labute approximate surface area is 214 Å². The molecule has 1 atom stereocenters. The zero-order valence-corrected chi connectivity index (χ0v) is 20.9. The predicted molar refractivity (Wildman–Crippen MR) is 141 cm³/mol. The number of amides is 1. The second-order valence-corrected chi connectivity index (χ2v) is 9.47. The number of pyridine rings is 1. The van der Waals surface area contributed by atoms with E-state index in [4.69, 9.17) is 17.3 Å². The molecule has 0 bridgehead atoms. The fourth-order valence-corrected chi connectivity index (χ4v) is 4.59. The van der Waals surface area contributed by atoms with Crippen LogP contribution in [0.15, 0.2) is 71.5 Å². The van der Waals surface area contributed by atoms with Crippen molar-refractivity contribution >= 4 is 28.4 Å². The minimum Gasteiger partial charge on any atom is -0.508 e. The van der Waals surface area contributed by atoms with Crippen LogP contribution < -0.4 is 11.2 Å². The van der Waals surface area contributed by atoms with E-state index in [0.29, 0.717) is 46.7 Å². The maximum Gasteiger partial charge on any atom is 0.254 e. The molecule has 0 radical (unpaired) electrons. The number of aryl methyl sites for hydroxylation is 1. The van der Waals surface area contributed by atoms with Gasteiger partial charge in [-0.05, 0) is 60.1 Å². The number of hydrogen-bond donors (Lipinski definition) is 3. The molecule has 186 valence electrons. The van der Waals surface area contributed by atoms with Crippen molar-refractivity contribution in [2.75, 3.05) is 13.6 Å². The lowest BCUT2D eigenvalue weighted by molar-refractivity contribution is 0.0997. The van der Waals surface area contributed by atoms with E-state index in [2.05, 4.69) is 0 Å². The summed E-state index contributed by atoms with van der Waals surface area (Å²) in [6.07, 6.45) is -0.377. The van der Waals surface area contributed by atoms with Gasteiger partial charge in [-0.2, -0.15) is 0 Å². The molecule has 1 unspecified atom stereocenters. The van der Waals surface area contributed by atoms with E-state index in [1.54, 1.807) is 30.3 Å². The molecule has 0 saturated carbocycles. The van der Waals surface area contributed by atoms with Crippen molar-refractivity contribution in [1.29, 1.82) is 0 Å². The van der Waals surface area contributed by atoms with E-state index in [9.17, 15) is 19.8 Å². The lowest BCUT2D eigenvalue weighted by atomic mass is 10.00. The number of benzene rings is 3. The minimum atomic E-state index is -0.763. The van der Waals surface area contributed by atoms with Crippen LogP contribution >= 0.6 is 11.6 Å². The Morgan fingerprint density at radius 3 is 2.33 bits per heavy atom. The molecule has 36 heavy (non-hydrogen) atoms. The van der Waals surface area contributed by atoms with Crippen molar-refractivity contribution in [3.8, 4) is 5.75 Å². The summed E-state index contributed by atoms with van der Waals surface area (Å²) in [6, 6.07) is 19.3. The molecule has 0 aliphatic heterocycles. The van der Waals surface area contributed by atoms with Gasteiger partial charge in [0, 0.05) is 42.7 Å². The zero-order valence-electron chi connectivity index (χ0n) is 20.1. The summed E-state index contributed by atoms with van der Waals surface area (Å²) in [6.45, 7) is 0.833. The molecular weight excluding hydrogens is 478 g/mol. The van der Waals surface area contributed by atoms with E-state index in [-0.39, 0.29) is 11.3 Å². The van der Waals surface area contributed by atoms with Crippen molar-refractivity contribution in [2.24, 2.45) is 12.8 Å². The largest absolute Gasteiger partial charge is 0.508 e. The lowest BCUT2D eigenvalue weighted by Crippen LogP contribution is -2.28. The number of likely N-dealkylation sites (N-methyl/N-ethyl adjacent to an activating group) is 1. The highest BCUT2D eigenvalue weighted by Gasteiger charge is 2.20. The number of phenolic OH excluding ortho intramolecular Hbond substituents is 1. The smallest absolute Gasteiger partial charge is 0.254 e. The van der Waals surface area contributed by atoms with Crippen molar-refractivity contribution in [3.05, 3.63) is 110 Å². The van der Waals surface area contributed by atoms with Crippen LogP contribution in [-0.2, 0) is 20.0 Å². The number of phenols is 1. The monoisotopic (exact) mass is 505 g/mol.